The Kier molecular flexibility index (Phi) is 3.36. The fraction of sp³-hybridized carbons (Fsp3) is 0.182. The summed E-state index contributed by atoms with van der Waals surface area (Å²) in [5, 5.41) is 0. The van der Waals surface area contributed by atoms with Crippen LogP contribution < -0.4 is 5.73 Å². The quantitative estimate of drug-likeness (QED) is 0.909. The van der Waals surface area contributed by atoms with Crippen LogP contribution in [0.5, 0.6) is 0 Å². The lowest BCUT2D eigenvalue weighted by molar-refractivity contribution is 0.621. The highest BCUT2D eigenvalue weighted by Crippen LogP contribution is 2.23. The van der Waals surface area contributed by atoms with Crippen molar-refractivity contribution in [2.45, 2.75) is 6.42 Å². The molecule has 3 N–H and O–H groups in total. The van der Waals surface area contributed by atoms with Crippen LogP contribution in [0, 0.1) is 5.82 Å². The van der Waals surface area contributed by atoms with E-state index in [-0.39, 0.29) is 5.82 Å². The maximum atomic E-state index is 13.1. The van der Waals surface area contributed by atoms with Gasteiger partial charge in [-0.25, -0.2) is 9.37 Å². The standard InChI is InChI=1S/C11H11BrFN3/c12-8-5-7(1-2-9(8)13)10-6-15-11(16-10)3-4-14/h1-2,5-6H,3-4,14H2,(H,15,16). The van der Waals surface area contributed by atoms with E-state index in [2.05, 4.69) is 25.9 Å². The molecule has 0 spiro atoms. The number of nitrogens with one attached hydrogen (secondary N) is 1. The van der Waals surface area contributed by atoms with Gasteiger partial charge in [-0.15, -0.1) is 0 Å². The van der Waals surface area contributed by atoms with Crippen LogP contribution in [0.25, 0.3) is 11.3 Å². The van der Waals surface area contributed by atoms with Crippen molar-refractivity contribution in [1.29, 1.82) is 0 Å². The van der Waals surface area contributed by atoms with E-state index in [0.717, 1.165) is 17.1 Å². The third-order valence-corrected chi connectivity index (χ3v) is 2.85. The van der Waals surface area contributed by atoms with Crippen LogP contribution in [0.3, 0.4) is 0 Å². The molecule has 0 saturated heterocycles. The van der Waals surface area contributed by atoms with Crippen LogP contribution in [0.4, 0.5) is 4.39 Å². The molecule has 1 heterocycles. The first kappa shape index (κ1) is 11.3. The summed E-state index contributed by atoms with van der Waals surface area (Å²) in [6, 6.07) is 4.85. The van der Waals surface area contributed by atoms with Crippen molar-refractivity contribution in [3.05, 3.63) is 40.5 Å². The molecule has 1 aromatic carbocycles. The number of nitrogens with zero attached hydrogens (tertiary/aromatic N) is 1. The Morgan fingerprint density at radius 1 is 1.44 bits per heavy atom. The number of aromatic amines is 1. The highest BCUT2D eigenvalue weighted by atomic mass is 79.9. The minimum atomic E-state index is -0.273. The van der Waals surface area contributed by atoms with Crippen molar-refractivity contribution < 1.29 is 4.39 Å². The Hall–Kier alpha value is -1.20. The second-order valence-electron chi connectivity index (χ2n) is 3.41. The average Bonchev–Trinajstić information content (AvgIpc) is 2.71. The fourth-order valence-corrected chi connectivity index (χ4v) is 1.82. The minimum absolute atomic E-state index is 0.273. The molecule has 2 rings (SSSR count). The molecule has 84 valence electrons. The lowest BCUT2D eigenvalue weighted by atomic mass is 10.2. The number of rotatable bonds is 3. The molecule has 0 aliphatic heterocycles. The van der Waals surface area contributed by atoms with E-state index < -0.39 is 0 Å². The first-order valence-electron chi connectivity index (χ1n) is 4.90. The monoisotopic (exact) mass is 283 g/mol. The predicted molar refractivity (Wildman–Crippen MR) is 64.4 cm³/mol. The van der Waals surface area contributed by atoms with Crippen LogP contribution in [0.15, 0.2) is 28.9 Å². The number of halogens is 2. The second-order valence-corrected chi connectivity index (χ2v) is 4.27. The molecule has 2 aromatic rings. The molecule has 1 aromatic heterocycles. The molecule has 0 unspecified atom stereocenters. The van der Waals surface area contributed by atoms with Crippen molar-refractivity contribution in [1.82, 2.24) is 9.97 Å². The number of aromatic nitrogens is 2. The summed E-state index contributed by atoms with van der Waals surface area (Å²) in [5.41, 5.74) is 7.19. The number of hydrogen-bond acceptors (Lipinski definition) is 2. The van der Waals surface area contributed by atoms with E-state index in [0.29, 0.717) is 17.4 Å². The van der Waals surface area contributed by atoms with E-state index in [1.165, 1.54) is 6.07 Å². The number of imidazole rings is 1. The predicted octanol–water partition coefficient (Wildman–Crippen LogP) is 2.48. The third kappa shape index (κ3) is 2.31. The van der Waals surface area contributed by atoms with Crippen molar-refractivity contribution in [3.63, 3.8) is 0 Å². The molecule has 0 aliphatic rings. The SMILES string of the molecule is NCCc1ncc(-c2ccc(F)c(Br)c2)[nH]1. The highest BCUT2D eigenvalue weighted by molar-refractivity contribution is 9.10. The van der Waals surface area contributed by atoms with Gasteiger partial charge in [0, 0.05) is 12.0 Å². The molecule has 5 heteroatoms. The summed E-state index contributed by atoms with van der Waals surface area (Å²) in [6.45, 7) is 0.556. The third-order valence-electron chi connectivity index (χ3n) is 2.24. The molecule has 16 heavy (non-hydrogen) atoms. The van der Waals surface area contributed by atoms with E-state index in [4.69, 9.17) is 5.73 Å². The van der Waals surface area contributed by atoms with Crippen LogP contribution in [0.1, 0.15) is 5.82 Å². The molecule has 0 radical (unpaired) electrons. The van der Waals surface area contributed by atoms with Crippen LogP contribution in [-0.2, 0) is 6.42 Å². The van der Waals surface area contributed by atoms with Crippen molar-refractivity contribution in [3.8, 4) is 11.3 Å². The van der Waals surface area contributed by atoms with Crippen LogP contribution in [-0.4, -0.2) is 16.5 Å². The molecular weight excluding hydrogens is 273 g/mol. The van der Waals surface area contributed by atoms with Gasteiger partial charge in [-0.1, -0.05) is 0 Å². The molecule has 0 aliphatic carbocycles. The van der Waals surface area contributed by atoms with Gasteiger partial charge >= 0.3 is 0 Å². The van der Waals surface area contributed by atoms with Gasteiger partial charge in [0.05, 0.1) is 16.4 Å². The Morgan fingerprint density at radius 2 is 2.25 bits per heavy atom. The first-order valence-corrected chi connectivity index (χ1v) is 5.69. The van der Waals surface area contributed by atoms with Crippen molar-refractivity contribution >= 4 is 15.9 Å². The molecule has 0 atom stereocenters. The van der Waals surface area contributed by atoms with Crippen molar-refractivity contribution in [2.24, 2.45) is 5.73 Å². The van der Waals surface area contributed by atoms with E-state index in [1.54, 1.807) is 18.3 Å². The van der Waals surface area contributed by atoms with Gasteiger partial charge in [0.15, 0.2) is 0 Å². The Balaban J connectivity index is 2.31. The number of H-pyrrole nitrogens is 1. The molecular formula is C11H11BrFN3. The summed E-state index contributed by atoms with van der Waals surface area (Å²) in [4.78, 5) is 7.33. The molecule has 0 bridgehead atoms. The van der Waals surface area contributed by atoms with Crippen molar-refractivity contribution in [2.75, 3.05) is 6.54 Å². The maximum absolute atomic E-state index is 13.1. The number of hydrogen-bond donors (Lipinski definition) is 2. The Morgan fingerprint density at radius 3 is 2.94 bits per heavy atom. The van der Waals surface area contributed by atoms with Gasteiger partial charge in [-0.05, 0) is 40.7 Å². The largest absolute Gasteiger partial charge is 0.342 e. The highest BCUT2D eigenvalue weighted by Gasteiger charge is 2.05. The van der Waals surface area contributed by atoms with Gasteiger partial charge in [-0.2, -0.15) is 0 Å². The topological polar surface area (TPSA) is 54.7 Å². The van der Waals surface area contributed by atoms with E-state index in [9.17, 15) is 4.39 Å². The minimum Gasteiger partial charge on any atom is -0.342 e. The summed E-state index contributed by atoms with van der Waals surface area (Å²) < 4.78 is 13.5. The zero-order valence-electron chi connectivity index (χ0n) is 8.50. The zero-order chi connectivity index (χ0) is 11.5. The summed E-state index contributed by atoms with van der Waals surface area (Å²) >= 11 is 3.15. The van der Waals surface area contributed by atoms with Crippen LogP contribution >= 0.6 is 15.9 Å². The molecule has 0 fully saturated rings. The van der Waals surface area contributed by atoms with Gasteiger partial charge < -0.3 is 10.7 Å². The average molecular weight is 284 g/mol. The first-order chi connectivity index (χ1) is 7.70. The summed E-state index contributed by atoms with van der Waals surface area (Å²) in [5.74, 6) is 0.573. The zero-order valence-corrected chi connectivity index (χ0v) is 10.1. The van der Waals surface area contributed by atoms with Gasteiger partial charge in [-0.3, -0.25) is 0 Å². The Bertz CT molecular complexity index is 496. The lowest BCUT2D eigenvalue weighted by Crippen LogP contribution is -2.03. The normalized spacial score (nSPS) is 10.7. The van der Waals surface area contributed by atoms with E-state index in [1.807, 2.05) is 0 Å². The van der Waals surface area contributed by atoms with Crippen LogP contribution in [0.2, 0.25) is 0 Å². The molecule has 3 nitrogen and oxygen atoms in total. The maximum Gasteiger partial charge on any atom is 0.137 e. The summed E-state index contributed by atoms with van der Waals surface area (Å²) in [7, 11) is 0. The lowest BCUT2D eigenvalue weighted by Gasteiger charge is -1.99. The van der Waals surface area contributed by atoms with Gasteiger partial charge in [0.25, 0.3) is 0 Å². The smallest absolute Gasteiger partial charge is 0.137 e. The molecule has 0 saturated carbocycles. The number of nitrogens with two attached hydrogens (primary N) is 1. The van der Waals surface area contributed by atoms with Gasteiger partial charge in [0.1, 0.15) is 11.6 Å². The second kappa shape index (κ2) is 4.76. The Labute approximate surface area is 101 Å². The number of benzene rings is 1. The molecule has 0 amide bonds. The van der Waals surface area contributed by atoms with Gasteiger partial charge in [0.2, 0.25) is 0 Å². The summed E-state index contributed by atoms with van der Waals surface area (Å²) in [6.07, 6.45) is 2.44. The van der Waals surface area contributed by atoms with E-state index >= 15 is 0 Å². The fourth-order valence-electron chi connectivity index (χ4n) is 1.44.